The van der Waals surface area contributed by atoms with Gasteiger partial charge in [0.1, 0.15) is 0 Å². The highest BCUT2D eigenvalue weighted by molar-refractivity contribution is 7.14. The van der Waals surface area contributed by atoms with E-state index in [1.165, 1.54) is 28.8 Å². The first-order chi connectivity index (χ1) is 13.8. The molecule has 0 amide bonds. The van der Waals surface area contributed by atoms with E-state index in [1.54, 1.807) is 11.3 Å². The second-order valence-corrected chi connectivity index (χ2v) is 8.23. The molecule has 28 heavy (non-hydrogen) atoms. The third-order valence-electron chi connectivity index (χ3n) is 5.49. The first kappa shape index (κ1) is 17.4. The predicted octanol–water partition coefficient (Wildman–Crippen LogP) is 4.56. The molecule has 4 heterocycles. The number of nitrogens with two attached hydrogens (primary N) is 1. The quantitative estimate of drug-likeness (QED) is 0.539. The van der Waals surface area contributed by atoms with Crippen LogP contribution in [0, 0.1) is 0 Å². The van der Waals surface area contributed by atoms with Crippen LogP contribution < -0.4 is 11.1 Å². The minimum absolute atomic E-state index is 0.423. The Hall–Kier alpha value is -2.70. The van der Waals surface area contributed by atoms with Crippen LogP contribution in [0.4, 0.5) is 5.82 Å². The first-order valence-electron chi connectivity index (χ1n) is 9.79. The zero-order valence-electron chi connectivity index (χ0n) is 15.6. The summed E-state index contributed by atoms with van der Waals surface area (Å²) in [5, 5.41) is 5.67. The summed E-state index contributed by atoms with van der Waals surface area (Å²) in [6.07, 6.45) is 7.66. The van der Waals surface area contributed by atoms with E-state index >= 15 is 0 Å². The number of aromatic nitrogens is 3. The molecule has 0 radical (unpaired) electrons. The summed E-state index contributed by atoms with van der Waals surface area (Å²) >= 11 is 1.72. The monoisotopic (exact) mass is 389 g/mol. The van der Waals surface area contributed by atoms with Crippen LogP contribution in [0.25, 0.3) is 27.3 Å². The summed E-state index contributed by atoms with van der Waals surface area (Å²) in [4.78, 5) is 10.5. The molecule has 142 valence electrons. The van der Waals surface area contributed by atoms with Gasteiger partial charge in [0.15, 0.2) is 11.5 Å². The molecule has 0 saturated carbocycles. The van der Waals surface area contributed by atoms with Gasteiger partial charge in [-0.05, 0) is 36.4 Å². The summed E-state index contributed by atoms with van der Waals surface area (Å²) in [6, 6.07) is 12.6. The van der Waals surface area contributed by atoms with E-state index in [1.807, 2.05) is 12.3 Å². The molecular weight excluding hydrogens is 366 g/mol. The van der Waals surface area contributed by atoms with Gasteiger partial charge in [0.05, 0.1) is 22.5 Å². The largest absolute Gasteiger partial charge is 0.381 e. The average Bonchev–Trinajstić information content (AvgIpc) is 3.31. The lowest BCUT2D eigenvalue weighted by Crippen LogP contribution is -2.19. The Labute approximate surface area is 168 Å². The Morgan fingerprint density at radius 2 is 2.04 bits per heavy atom. The van der Waals surface area contributed by atoms with Gasteiger partial charge < -0.3 is 11.1 Å². The molecule has 1 fully saturated rings. The Morgan fingerprint density at radius 1 is 1.14 bits per heavy atom. The zero-order chi connectivity index (χ0) is 18.9. The van der Waals surface area contributed by atoms with Gasteiger partial charge in [-0.3, -0.25) is 4.40 Å². The number of nitrogens with zero attached hydrogens (tertiary/aromatic N) is 3. The second kappa shape index (κ2) is 7.37. The lowest BCUT2D eigenvalue weighted by atomic mass is 10.0. The van der Waals surface area contributed by atoms with Gasteiger partial charge >= 0.3 is 0 Å². The summed E-state index contributed by atoms with van der Waals surface area (Å²) in [5.41, 5.74) is 11.5. The van der Waals surface area contributed by atoms with Gasteiger partial charge in [-0.25, -0.2) is 9.97 Å². The van der Waals surface area contributed by atoms with Crippen LogP contribution in [0.5, 0.6) is 0 Å². The number of hydrogen-bond acceptors (Lipinski definition) is 5. The molecule has 3 N–H and O–H groups in total. The summed E-state index contributed by atoms with van der Waals surface area (Å²) in [6.45, 7) is 2.06. The molecule has 4 aromatic rings. The van der Waals surface area contributed by atoms with Crippen LogP contribution in [0.1, 0.15) is 30.9 Å². The highest BCUT2D eigenvalue weighted by atomic mass is 32.1. The predicted molar refractivity (Wildman–Crippen MR) is 116 cm³/mol. The van der Waals surface area contributed by atoms with Crippen LogP contribution in [-0.2, 0) is 0 Å². The van der Waals surface area contributed by atoms with E-state index in [4.69, 9.17) is 10.7 Å². The number of rotatable bonds is 3. The Morgan fingerprint density at radius 3 is 2.93 bits per heavy atom. The standard InChI is InChI=1S/C22H23N5S/c23-21-22-26-18(16-8-4-5-10-24-12-16)14-27(22)19(13-25-21)20-17(9-11-28-20)15-6-2-1-3-7-15/h1-3,6-7,9,11,13-14,16,24H,4-5,8,10,12H2,(H2,23,25)/t16-/m0/s1. The lowest BCUT2D eigenvalue weighted by molar-refractivity contribution is 0.598. The molecule has 1 aliphatic heterocycles. The minimum Gasteiger partial charge on any atom is -0.381 e. The normalized spacial score (nSPS) is 17.6. The molecule has 0 aliphatic carbocycles. The number of nitrogen functional groups attached to an aromatic ring is 1. The number of imidazole rings is 1. The van der Waals surface area contributed by atoms with Crippen LogP contribution >= 0.6 is 11.3 Å². The van der Waals surface area contributed by atoms with Crippen molar-refractivity contribution in [2.24, 2.45) is 0 Å². The average molecular weight is 390 g/mol. The molecule has 5 rings (SSSR count). The van der Waals surface area contributed by atoms with E-state index in [-0.39, 0.29) is 0 Å². The van der Waals surface area contributed by atoms with Crippen molar-refractivity contribution in [3.05, 3.63) is 59.9 Å². The third kappa shape index (κ3) is 3.08. The van der Waals surface area contributed by atoms with E-state index in [0.29, 0.717) is 11.7 Å². The zero-order valence-corrected chi connectivity index (χ0v) is 16.5. The Balaban J connectivity index is 1.63. The molecule has 0 unspecified atom stereocenters. The SMILES string of the molecule is Nc1ncc(-c2sccc2-c2ccccc2)n2cc([C@H]3CCCCNC3)nc12. The van der Waals surface area contributed by atoms with Crippen molar-refractivity contribution >= 4 is 22.8 Å². The molecule has 5 nitrogen and oxygen atoms in total. The Bertz CT molecular complexity index is 1090. The molecule has 3 aromatic heterocycles. The maximum atomic E-state index is 6.19. The molecule has 1 aliphatic rings. The number of hydrogen-bond donors (Lipinski definition) is 2. The van der Waals surface area contributed by atoms with E-state index < -0.39 is 0 Å². The van der Waals surface area contributed by atoms with Crippen LogP contribution in [-0.4, -0.2) is 27.5 Å². The molecule has 1 aromatic carbocycles. The molecule has 0 spiro atoms. The summed E-state index contributed by atoms with van der Waals surface area (Å²) < 4.78 is 2.13. The molecule has 1 saturated heterocycles. The van der Waals surface area contributed by atoms with Crippen LogP contribution in [0.3, 0.4) is 0 Å². The number of benzene rings is 1. The van der Waals surface area contributed by atoms with Gasteiger partial charge in [0.2, 0.25) is 0 Å². The highest BCUT2D eigenvalue weighted by Crippen LogP contribution is 2.37. The van der Waals surface area contributed by atoms with Crippen molar-refractivity contribution in [3.8, 4) is 21.7 Å². The van der Waals surface area contributed by atoms with Crippen molar-refractivity contribution in [2.75, 3.05) is 18.8 Å². The van der Waals surface area contributed by atoms with Gasteiger partial charge in [-0.15, -0.1) is 11.3 Å². The van der Waals surface area contributed by atoms with Crippen molar-refractivity contribution in [1.82, 2.24) is 19.7 Å². The molecule has 1 atom stereocenters. The van der Waals surface area contributed by atoms with Gasteiger partial charge in [-0.2, -0.15) is 0 Å². The fraction of sp³-hybridized carbons (Fsp3) is 0.273. The summed E-state index contributed by atoms with van der Waals surface area (Å²) in [5.74, 6) is 0.904. The first-order valence-corrected chi connectivity index (χ1v) is 10.7. The molecule has 6 heteroatoms. The summed E-state index contributed by atoms with van der Waals surface area (Å²) in [7, 11) is 0. The van der Waals surface area contributed by atoms with Gasteiger partial charge in [0, 0.05) is 24.2 Å². The van der Waals surface area contributed by atoms with Crippen molar-refractivity contribution < 1.29 is 0 Å². The maximum Gasteiger partial charge on any atom is 0.180 e. The number of thiophene rings is 1. The topological polar surface area (TPSA) is 68.2 Å². The lowest BCUT2D eigenvalue weighted by Gasteiger charge is -2.10. The highest BCUT2D eigenvalue weighted by Gasteiger charge is 2.21. The maximum absolute atomic E-state index is 6.19. The van der Waals surface area contributed by atoms with Crippen molar-refractivity contribution in [3.63, 3.8) is 0 Å². The third-order valence-corrected chi connectivity index (χ3v) is 6.42. The van der Waals surface area contributed by atoms with Gasteiger partial charge in [0.25, 0.3) is 0 Å². The van der Waals surface area contributed by atoms with E-state index in [9.17, 15) is 0 Å². The minimum atomic E-state index is 0.423. The smallest absolute Gasteiger partial charge is 0.180 e. The van der Waals surface area contributed by atoms with Crippen LogP contribution in [0.2, 0.25) is 0 Å². The number of fused-ring (bicyclic) bond motifs is 1. The fourth-order valence-corrected chi connectivity index (χ4v) is 4.93. The van der Waals surface area contributed by atoms with Gasteiger partial charge in [-0.1, -0.05) is 36.8 Å². The second-order valence-electron chi connectivity index (χ2n) is 7.31. The van der Waals surface area contributed by atoms with Crippen LogP contribution in [0.15, 0.2) is 54.2 Å². The van der Waals surface area contributed by atoms with Crippen molar-refractivity contribution in [1.29, 1.82) is 0 Å². The van der Waals surface area contributed by atoms with E-state index in [0.717, 1.165) is 36.5 Å². The fourth-order valence-electron chi connectivity index (χ4n) is 4.00. The molecular formula is C22H23N5S. The van der Waals surface area contributed by atoms with Crippen molar-refractivity contribution in [2.45, 2.75) is 25.2 Å². The number of nitrogens with one attached hydrogen (secondary N) is 1. The Kier molecular flexibility index (Phi) is 4.58. The number of anilines is 1. The molecule has 0 bridgehead atoms. The van der Waals surface area contributed by atoms with E-state index in [2.05, 4.69) is 56.6 Å².